The van der Waals surface area contributed by atoms with Crippen molar-refractivity contribution in [2.24, 2.45) is 0 Å². The first-order valence-corrected chi connectivity index (χ1v) is 10.5. The molecule has 0 aliphatic carbocycles. The number of nitrogens with zero attached hydrogens (tertiary/aromatic N) is 1. The van der Waals surface area contributed by atoms with Gasteiger partial charge in [-0.1, -0.05) is 23.7 Å². The fraction of sp³-hybridized carbons (Fsp3) is 0.200. The van der Waals surface area contributed by atoms with Gasteiger partial charge >= 0.3 is 0 Å². The summed E-state index contributed by atoms with van der Waals surface area (Å²) in [5, 5.41) is 6.22. The number of hydrogen-bond donors (Lipinski definition) is 1. The number of carbonyl (C=O) groups is 1. The van der Waals surface area contributed by atoms with E-state index in [-0.39, 0.29) is 5.91 Å². The first kappa shape index (κ1) is 19.0. The van der Waals surface area contributed by atoms with Gasteiger partial charge in [0, 0.05) is 33.0 Å². The predicted octanol–water partition coefficient (Wildman–Crippen LogP) is 6.20. The summed E-state index contributed by atoms with van der Waals surface area (Å²) in [6.07, 6.45) is 0.436. The molecule has 0 saturated carbocycles. The van der Waals surface area contributed by atoms with Crippen LogP contribution in [-0.2, 0) is 4.79 Å². The molecule has 2 aromatic carbocycles. The van der Waals surface area contributed by atoms with E-state index in [2.05, 4.69) is 42.3 Å². The van der Waals surface area contributed by atoms with E-state index in [0.29, 0.717) is 17.3 Å². The largest absolute Gasteiger partial charge is 0.302 e. The first-order valence-electron chi connectivity index (χ1n) is 8.22. The van der Waals surface area contributed by atoms with Gasteiger partial charge in [-0.2, -0.15) is 0 Å². The Bertz CT molecular complexity index is 906. The molecular weight excluding hydrogens is 384 g/mol. The molecule has 3 rings (SSSR count). The highest BCUT2D eigenvalue weighted by molar-refractivity contribution is 7.99. The molecule has 0 spiro atoms. The Balaban J connectivity index is 1.52. The van der Waals surface area contributed by atoms with Gasteiger partial charge in [0.15, 0.2) is 5.13 Å². The molecule has 134 valence electrons. The fourth-order valence-electron chi connectivity index (χ4n) is 2.34. The average molecular weight is 403 g/mol. The fourth-order valence-corrected chi connectivity index (χ4v) is 4.05. The zero-order valence-electron chi connectivity index (χ0n) is 14.6. The van der Waals surface area contributed by atoms with Crippen LogP contribution in [0.3, 0.4) is 0 Å². The number of benzene rings is 2. The van der Waals surface area contributed by atoms with Gasteiger partial charge < -0.3 is 5.32 Å². The zero-order chi connectivity index (χ0) is 18.5. The van der Waals surface area contributed by atoms with Crippen molar-refractivity contribution < 1.29 is 4.79 Å². The molecule has 0 aliphatic heterocycles. The molecule has 0 radical (unpaired) electrons. The van der Waals surface area contributed by atoms with E-state index in [9.17, 15) is 4.79 Å². The van der Waals surface area contributed by atoms with Crippen LogP contribution in [0.25, 0.3) is 11.3 Å². The topological polar surface area (TPSA) is 42.0 Å². The Kier molecular flexibility index (Phi) is 6.35. The summed E-state index contributed by atoms with van der Waals surface area (Å²) in [7, 11) is 0. The average Bonchev–Trinajstić information content (AvgIpc) is 3.07. The molecule has 26 heavy (non-hydrogen) atoms. The Labute approximate surface area is 166 Å². The molecule has 1 heterocycles. The van der Waals surface area contributed by atoms with Crippen molar-refractivity contribution in [1.29, 1.82) is 0 Å². The molecule has 1 N–H and O–H groups in total. The van der Waals surface area contributed by atoms with Crippen LogP contribution in [0.5, 0.6) is 0 Å². The maximum Gasteiger partial charge on any atom is 0.226 e. The number of aryl methyl sites for hydroxylation is 2. The molecule has 1 amide bonds. The molecule has 0 saturated heterocycles. The van der Waals surface area contributed by atoms with Gasteiger partial charge in [0.25, 0.3) is 0 Å². The number of amides is 1. The molecule has 3 aromatic rings. The number of halogens is 1. The summed E-state index contributed by atoms with van der Waals surface area (Å²) in [6.45, 7) is 4.18. The molecule has 0 atom stereocenters. The third-order valence-corrected chi connectivity index (χ3v) is 5.99. The molecule has 0 fully saturated rings. The highest BCUT2D eigenvalue weighted by Crippen LogP contribution is 2.27. The van der Waals surface area contributed by atoms with E-state index in [4.69, 9.17) is 11.6 Å². The van der Waals surface area contributed by atoms with E-state index in [1.807, 2.05) is 29.6 Å². The highest BCUT2D eigenvalue weighted by Gasteiger charge is 2.09. The minimum atomic E-state index is -0.0209. The van der Waals surface area contributed by atoms with Gasteiger partial charge in [0.2, 0.25) is 5.91 Å². The van der Waals surface area contributed by atoms with E-state index >= 15 is 0 Å². The third kappa shape index (κ3) is 5.10. The summed E-state index contributed by atoms with van der Waals surface area (Å²) in [6, 6.07) is 13.9. The van der Waals surface area contributed by atoms with Gasteiger partial charge in [-0.05, 0) is 55.3 Å². The SMILES string of the molecule is Cc1ccc(-c2csc(NC(=O)CCSc3ccc(Cl)cc3)n2)cc1C. The summed E-state index contributed by atoms with van der Waals surface area (Å²) in [5.41, 5.74) is 4.46. The van der Waals surface area contributed by atoms with Crippen molar-refractivity contribution in [1.82, 2.24) is 4.98 Å². The lowest BCUT2D eigenvalue weighted by Crippen LogP contribution is -2.11. The number of carbonyl (C=O) groups excluding carboxylic acids is 1. The molecule has 0 aliphatic rings. The van der Waals surface area contributed by atoms with E-state index in [0.717, 1.165) is 21.2 Å². The lowest BCUT2D eigenvalue weighted by Gasteiger charge is -2.03. The zero-order valence-corrected chi connectivity index (χ0v) is 17.0. The highest BCUT2D eigenvalue weighted by atomic mass is 35.5. The second-order valence-corrected chi connectivity index (χ2v) is 8.40. The van der Waals surface area contributed by atoms with Crippen LogP contribution >= 0.6 is 34.7 Å². The number of aromatic nitrogens is 1. The van der Waals surface area contributed by atoms with Crippen molar-refractivity contribution >= 4 is 45.7 Å². The summed E-state index contributed by atoms with van der Waals surface area (Å²) < 4.78 is 0. The van der Waals surface area contributed by atoms with Crippen molar-refractivity contribution in [3.8, 4) is 11.3 Å². The van der Waals surface area contributed by atoms with Crippen LogP contribution in [-0.4, -0.2) is 16.6 Å². The molecule has 3 nitrogen and oxygen atoms in total. The van der Waals surface area contributed by atoms with Gasteiger partial charge in [-0.3, -0.25) is 4.79 Å². The first-order chi connectivity index (χ1) is 12.5. The van der Waals surface area contributed by atoms with Crippen LogP contribution < -0.4 is 5.32 Å². The van der Waals surface area contributed by atoms with Crippen LogP contribution in [0.1, 0.15) is 17.5 Å². The smallest absolute Gasteiger partial charge is 0.226 e. The number of thiazole rings is 1. The normalized spacial score (nSPS) is 10.7. The van der Waals surface area contributed by atoms with Gasteiger partial charge in [0.05, 0.1) is 5.69 Å². The third-order valence-electron chi connectivity index (χ3n) is 3.96. The van der Waals surface area contributed by atoms with Crippen molar-refractivity contribution in [3.05, 3.63) is 64.0 Å². The molecule has 0 bridgehead atoms. The van der Waals surface area contributed by atoms with Gasteiger partial charge in [-0.25, -0.2) is 4.98 Å². The van der Waals surface area contributed by atoms with Gasteiger partial charge in [-0.15, -0.1) is 23.1 Å². The van der Waals surface area contributed by atoms with Crippen molar-refractivity contribution in [2.75, 3.05) is 11.1 Å². The van der Waals surface area contributed by atoms with Crippen LogP contribution in [0.15, 0.2) is 52.7 Å². The lowest BCUT2D eigenvalue weighted by atomic mass is 10.1. The standard InChI is InChI=1S/C20H19ClN2OS2/c1-13-3-4-15(11-14(13)2)18-12-26-20(22-18)23-19(24)9-10-25-17-7-5-16(21)6-8-17/h3-8,11-12H,9-10H2,1-2H3,(H,22,23,24). The van der Waals surface area contributed by atoms with Crippen molar-refractivity contribution in [2.45, 2.75) is 25.2 Å². The Morgan fingerprint density at radius 3 is 2.65 bits per heavy atom. The van der Waals surface area contributed by atoms with E-state index < -0.39 is 0 Å². The number of thioether (sulfide) groups is 1. The Morgan fingerprint density at radius 2 is 1.92 bits per heavy atom. The maximum atomic E-state index is 12.1. The summed E-state index contributed by atoms with van der Waals surface area (Å²) >= 11 is 8.96. The number of nitrogens with one attached hydrogen (secondary N) is 1. The molecule has 6 heteroatoms. The number of hydrogen-bond acceptors (Lipinski definition) is 4. The van der Waals surface area contributed by atoms with Crippen LogP contribution in [0.4, 0.5) is 5.13 Å². The minimum absolute atomic E-state index is 0.0209. The van der Waals surface area contributed by atoms with Crippen LogP contribution in [0, 0.1) is 13.8 Å². The predicted molar refractivity (Wildman–Crippen MR) is 112 cm³/mol. The maximum absolute atomic E-state index is 12.1. The number of rotatable bonds is 6. The molecular formula is C20H19ClN2OS2. The monoisotopic (exact) mass is 402 g/mol. The second kappa shape index (κ2) is 8.71. The van der Waals surface area contributed by atoms with E-state index in [1.54, 1.807) is 11.8 Å². The van der Waals surface area contributed by atoms with Crippen LogP contribution in [0.2, 0.25) is 5.02 Å². The van der Waals surface area contributed by atoms with E-state index in [1.165, 1.54) is 22.5 Å². The Hall–Kier alpha value is -1.82. The van der Waals surface area contributed by atoms with Crippen molar-refractivity contribution in [3.63, 3.8) is 0 Å². The van der Waals surface area contributed by atoms with Gasteiger partial charge in [0.1, 0.15) is 0 Å². The summed E-state index contributed by atoms with van der Waals surface area (Å²) in [4.78, 5) is 17.8. The Morgan fingerprint density at radius 1 is 1.15 bits per heavy atom. The number of anilines is 1. The summed E-state index contributed by atoms with van der Waals surface area (Å²) in [5.74, 6) is 0.690. The molecule has 1 aromatic heterocycles. The minimum Gasteiger partial charge on any atom is -0.302 e. The lowest BCUT2D eigenvalue weighted by molar-refractivity contribution is -0.115. The second-order valence-electron chi connectivity index (χ2n) is 5.94. The quantitative estimate of drug-likeness (QED) is 0.499. The molecule has 0 unspecified atom stereocenters.